The monoisotopic (exact) mass is 347 g/mol. The van der Waals surface area contributed by atoms with E-state index in [0.29, 0.717) is 18.9 Å². The molecule has 1 atom stereocenters. The zero-order valence-corrected chi connectivity index (χ0v) is 16.3. The Kier molecular flexibility index (Phi) is 12.9. The van der Waals surface area contributed by atoms with E-state index in [-0.39, 0.29) is 5.97 Å². The topological polar surface area (TPSA) is 39.2 Å². The highest BCUT2D eigenvalue weighted by molar-refractivity contribution is 5.69. The van der Waals surface area contributed by atoms with Gasteiger partial charge in [-0.3, -0.25) is 9.78 Å². The maximum absolute atomic E-state index is 11.9. The second-order valence-electron chi connectivity index (χ2n) is 7.30. The quantitative estimate of drug-likeness (QED) is 0.270. The molecular weight excluding hydrogens is 310 g/mol. The van der Waals surface area contributed by atoms with Crippen molar-refractivity contribution in [3.63, 3.8) is 0 Å². The summed E-state index contributed by atoms with van der Waals surface area (Å²) in [5.74, 6) is 0.318. The molecule has 1 rings (SSSR count). The molecule has 3 nitrogen and oxygen atoms in total. The SMILES string of the molecule is CCCCCCCCCCCCC(C)CC(=O)OCc1cccnc1. The lowest BCUT2D eigenvalue weighted by Crippen LogP contribution is -2.09. The minimum Gasteiger partial charge on any atom is -0.461 e. The zero-order valence-electron chi connectivity index (χ0n) is 16.3. The van der Waals surface area contributed by atoms with Crippen molar-refractivity contribution in [2.24, 2.45) is 5.92 Å². The van der Waals surface area contributed by atoms with Gasteiger partial charge in [-0.05, 0) is 12.0 Å². The van der Waals surface area contributed by atoms with Crippen LogP contribution < -0.4 is 0 Å². The van der Waals surface area contributed by atoms with Crippen LogP contribution in [-0.4, -0.2) is 11.0 Å². The maximum atomic E-state index is 11.9. The standard InChI is InChI=1S/C22H37NO2/c1-3-4-5-6-7-8-9-10-11-12-14-20(2)17-22(24)25-19-21-15-13-16-23-18-21/h13,15-16,18,20H,3-12,14,17,19H2,1-2H3. The number of hydrogen-bond acceptors (Lipinski definition) is 3. The molecule has 0 fully saturated rings. The van der Waals surface area contributed by atoms with Gasteiger partial charge in [0.1, 0.15) is 6.61 Å². The molecule has 1 unspecified atom stereocenters. The van der Waals surface area contributed by atoms with E-state index in [2.05, 4.69) is 18.8 Å². The number of nitrogens with zero attached hydrogens (tertiary/aromatic N) is 1. The Hall–Kier alpha value is -1.38. The van der Waals surface area contributed by atoms with Crippen LogP contribution in [0, 0.1) is 5.92 Å². The van der Waals surface area contributed by atoms with Crippen LogP contribution in [0.4, 0.5) is 0 Å². The summed E-state index contributed by atoms with van der Waals surface area (Å²) in [5.41, 5.74) is 0.943. The molecule has 25 heavy (non-hydrogen) atoms. The van der Waals surface area contributed by atoms with Crippen LogP contribution in [0.5, 0.6) is 0 Å². The molecule has 0 amide bonds. The summed E-state index contributed by atoms with van der Waals surface area (Å²) < 4.78 is 5.32. The van der Waals surface area contributed by atoms with E-state index in [1.165, 1.54) is 64.2 Å². The van der Waals surface area contributed by atoms with Crippen molar-refractivity contribution in [2.45, 2.75) is 97.5 Å². The number of ether oxygens (including phenoxy) is 1. The number of rotatable bonds is 15. The highest BCUT2D eigenvalue weighted by Crippen LogP contribution is 2.16. The lowest BCUT2D eigenvalue weighted by molar-refractivity contribution is -0.146. The van der Waals surface area contributed by atoms with E-state index >= 15 is 0 Å². The molecular formula is C22H37NO2. The summed E-state index contributed by atoms with van der Waals surface area (Å²) in [6.07, 6.45) is 18.7. The van der Waals surface area contributed by atoms with Crippen molar-refractivity contribution in [1.29, 1.82) is 0 Å². The van der Waals surface area contributed by atoms with Crippen LogP contribution in [0.3, 0.4) is 0 Å². The van der Waals surface area contributed by atoms with Crippen LogP contribution in [0.1, 0.15) is 96.5 Å². The maximum Gasteiger partial charge on any atom is 0.306 e. The summed E-state index contributed by atoms with van der Waals surface area (Å²) in [7, 11) is 0. The van der Waals surface area contributed by atoms with Crippen molar-refractivity contribution >= 4 is 5.97 Å². The van der Waals surface area contributed by atoms with Crippen molar-refractivity contribution in [3.05, 3.63) is 30.1 Å². The molecule has 0 aliphatic carbocycles. The van der Waals surface area contributed by atoms with Crippen molar-refractivity contribution in [1.82, 2.24) is 4.98 Å². The Morgan fingerprint density at radius 1 is 1.04 bits per heavy atom. The fourth-order valence-electron chi connectivity index (χ4n) is 3.07. The lowest BCUT2D eigenvalue weighted by atomic mass is 9.99. The normalized spacial score (nSPS) is 12.1. The molecule has 0 aromatic carbocycles. The zero-order chi connectivity index (χ0) is 18.2. The molecule has 142 valence electrons. The molecule has 0 saturated carbocycles. The van der Waals surface area contributed by atoms with Crippen LogP contribution >= 0.6 is 0 Å². The van der Waals surface area contributed by atoms with Crippen LogP contribution in [0.25, 0.3) is 0 Å². The van der Waals surface area contributed by atoms with E-state index in [0.717, 1.165) is 12.0 Å². The molecule has 1 heterocycles. The van der Waals surface area contributed by atoms with Gasteiger partial charge < -0.3 is 4.74 Å². The fourth-order valence-corrected chi connectivity index (χ4v) is 3.07. The molecule has 3 heteroatoms. The Balaban J connectivity index is 1.92. The summed E-state index contributed by atoms with van der Waals surface area (Å²) in [4.78, 5) is 15.9. The number of aromatic nitrogens is 1. The second kappa shape index (κ2) is 14.9. The van der Waals surface area contributed by atoms with Gasteiger partial charge in [0.15, 0.2) is 0 Å². The average molecular weight is 348 g/mol. The Morgan fingerprint density at radius 3 is 2.28 bits per heavy atom. The molecule has 1 aromatic rings. The van der Waals surface area contributed by atoms with Crippen molar-refractivity contribution in [3.8, 4) is 0 Å². The molecule has 0 bridgehead atoms. The van der Waals surface area contributed by atoms with Gasteiger partial charge in [0.05, 0.1) is 0 Å². The molecule has 0 aliphatic heterocycles. The van der Waals surface area contributed by atoms with Gasteiger partial charge in [-0.1, -0.05) is 90.5 Å². The van der Waals surface area contributed by atoms with Crippen LogP contribution in [0.2, 0.25) is 0 Å². The van der Waals surface area contributed by atoms with E-state index in [9.17, 15) is 4.79 Å². The van der Waals surface area contributed by atoms with Gasteiger partial charge in [0, 0.05) is 24.4 Å². The Morgan fingerprint density at radius 2 is 1.68 bits per heavy atom. The molecule has 1 aromatic heterocycles. The predicted molar refractivity (Wildman–Crippen MR) is 104 cm³/mol. The number of carbonyl (C=O) groups excluding carboxylic acids is 1. The first kappa shape index (κ1) is 21.7. The first-order valence-corrected chi connectivity index (χ1v) is 10.3. The average Bonchev–Trinajstić information content (AvgIpc) is 2.62. The molecule has 0 radical (unpaired) electrons. The summed E-state index contributed by atoms with van der Waals surface area (Å²) in [5, 5.41) is 0. The second-order valence-corrected chi connectivity index (χ2v) is 7.30. The summed E-state index contributed by atoms with van der Waals surface area (Å²) in [6, 6.07) is 3.78. The van der Waals surface area contributed by atoms with Gasteiger partial charge in [0.2, 0.25) is 0 Å². The van der Waals surface area contributed by atoms with Gasteiger partial charge in [-0.15, -0.1) is 0 Å². The lowest BCUT2D eigenvalue weighted by Gasteiger charge is -2.11. The minimum atomic E-state index is -0.0940. The van der Waals surface area contributed by atoms with Crippen molar-refractivity contribution in [2.75, 3.05) is 0 Å². The molecule has 0 aliphatic rings. The highest BCUT2D eigenvalue weighted by atomic mass is 16.5. The van der Waals surface area contributed by atoms with E-state index in [1.54, 1.807) is 12.4 Å². The fraction of sp³-hybridized carbons (Fsp3) is 0.727. The Bertz CT molecular complexity index is 433. The predicted octanol–water partition coefficient (Wildman–Crippen LogP) is 6.46. The number of esters is 1. The van der Waals surface area contributed by atoms with Crippen LogP contribution in [-0.2, 0) is 16.1 Å². The van der Waals surface area contributed by atoms with Gasteiger partial charge in [-0.25, -0.2) is 0 Å². The molecule has 0 N–H and O–H groups in total. The van der Waals surface area contributed by atoms with E-state index in [1.807, 2.05) is 12.1 Å². The third-order valence-electron chi connectivity index (χ3n) is 4.69. The van der Waals surface area contributed by atoms with Crippen molar-refractivity contribution < 1.29 is 9.53 Å². The number of carbonyl (C=O) groups is 1. The van der Waals surface area contributed by atoms with E-state index < -0.39 is 0 Å². The third kappa shape index (κ3) is 12.6. The minimum absolute atomic E-state index is 0.0940. The largest absolute Gasteiger partial charge is 0.461 e. The summed E-state index contributed by atoms with van der Waals surface area (Å²) in [6.45, 7) is 4.75. The van der Waals surface area contributed by atoms with Gasteiger partial charge >= 0.3 is 5.97 Å². The van der Waals surface area contributed by atoms with Gasteiger partial charge in [0.25, 0.3) is 0 Å². The number of pyridine rings is 1. The number of hydrogen-bond donors (Lipinski definition) is 0. The first-order chi connectivity index (χ1) is 12.2. The van der Waals surface area contributed by atoms with E-state index in [4.69, 9.17) is 4.74 Å². The Labute approximate surface area is 154 Å². The smallest absolute Gasteiger partial charge is 0.306 e. The van der Waals surface area contributed by atoms with Gasteiger partial charge in [-0.2, -0.15) is 0 Å². The highest BCUT2D eigenvalue weighted by Gasteiger charge is 2.10. The number of unbranched alkanes of at least 4 members (excludes halogenated alkanes) is 9. The molecule has 0 saturated heterocycles. The first-order valence-electron chi connectivity index (χ1n) is 10.3. The molecule has 0 spiro atoms. The summed E-state index contributed by atoms with van der Waals surface area (Å²) >= 11 is 0. The third-order valence-corrected chi connectivity index (χ3v) is 4.69. The van der Waals surface area contributed by atoms with Crippen LogP contribution in [0.15, 0.2) is 24.5 Å².